The number of alkyl halides is 3. The van der Waals surface area contributed by atoms with Gasteiger partial charge in [-0.1, -0.05) is 12.1 Å². The number of benzene rings is 1. The molecule has 7 heteroatoms. The molecule has 3 nitrogen and oxygen atoms in total. The SMILES string of the molecule is Oc1ccccc1-c1nc(C(F)(F)F)ns1. The second-order valence-corrected chi connectivity index (χ2v) is 3.69. The molecule has 2 rings (SSSR count). The number of para-hydroxylation sites is 1. The molecule has 0 bridgehead atoms. The van der Waals surface area contributed by atoms with Gasteiger partial charge >= 0.3 is 6.18 Å². The van der Waals surface area contributed by atoms with Gasteiger partial charge in [-0.25, -0.2) is 4.98 Å². The van der Waals surface area contributed by atoms with Crippen molar-refractivity contribution in [2.75, 3.05) is 0 Å². The average Bonchev–Trinajstić information content (AvgIpc) is 2.66. The van der Waals surface area contributed by atoms with Crippen LogP contribution in [-0.4, -0.2) is 14.5 Å². The summed E-state index contributed by atoms with van der Waals surface area (Å²) in [6.07, 6.45) is -4.56. The van der Waals surface area contributed by atoms with Crippen LogP contribution in [0.15, 0.2) is 24.3 Å². The molecule has 0 radical (unpaired) electrons. The zero-order chi connectivity index (χ0) is 11.8. The second-order valence-electron chi connectivity index (χ2n) is 2.94. The lowest BCUT2D eigenvalue weighted by Crippen LogP contribution is -2.06. The van der Waals surface area contributed by atoms with Gasteiger partial charge in [0.2, 0.25) is 5.82 Å². The molecular formula is C9H5F3N2OS. The van der Waals surface area contributed by atoms with Crippen molar-refractivity contribution in [3.8, 4) is 16.3 Å². The predicted octanol–water partition coefficient (Wildman–Crippen LogP) is 2.93. The van der Waals surface area contributed by atoms with E-state index in [0.29, 0.717) is 11.5 Å². The summed E-state index contributed by atoms with van der Waals surface area (Å²) in [6.45, 7) is 0. The van der Waals surface area contributed by atoms with Crippen LogP contribution in [-0.2, 0) is 6.18 Å². The van der Waals surface area contributed by atoms with E-state index in [1.54, 1.807) is 12.1 Å². The van der Waals surface area contributed by atoms with Crippen molar-refractivity contribution in [1.29, 1.82) is 0 Å². The van der Waals surface area contributed by atoms with Crippen LogP contribution in [0.4, 0.5) is 13.2 Å². The number of aromatic hydroxyl groups is 1. The lowest BCUT2D eigenvalue weighted by molar-refractivity contribution is -0.144. The highest BCUT2D eigenvalue weighted by atomic mass is 32.1. The van der Waals surface area contributed by atoms with E-state index in [1.165, 1.54) is 12.1 Å². The van der Waals surface area contributed by atoms with E-state index >= 15 is 0 Å². The summed E-state index contributed by atoms with van der Waals surface area (Å²) in [7, 11) is 0. The van der Waals surface area contributed by atoms with E-state index < -0.39 is 12.0 Å². The standard InChI is InChI=1S/C9H5F3N2OS/c10-9(11,12)8-13-7(16-14-8)5-3-1-2-4-6(5)15/h1-4,15H. The number of hydrogen-bond acceptors (Lipinski definition) is 4. The summed E-state index contributed by atoms with van der Waals surface area (Å²) in [5.41, 5.74) is 0.246. The van der Waals surface area contributed by atoms with E-state index in [4.69, 9.17) is 0 Å². The predicted molar refractivity (Wildman–Crippen MR) is 52.0 cm³/mol. The Labute approximate surface area is 92.4 Å². The van der Waals surface area contributed by atoms with Gasteiger partial charge in [0.05, 0.1) is 5.56 Å². The van der Waals surface area contributed by atoms with Crippen molar-refractivity contribution in [3.05, 3.63) is 30.1 Å². The third-order valence-corrected chi connectivity index (χ3v) is 2.56. The maximum Gasteiger partial charge on any atom is 0.452 e. The molecule has 1 aromatic carbocycles. The topological polar surface area (TPSA) is 46.0 Å². The molecule has 0 saturated heterocycles. The molecule has 0 unspecified atom stereocenters. The first-order valence-corrected chi connectivity index (χ1v) is 4.95. The van der Waals surface area contributed by atoms with Crippen LogP contribution in [0.2, 0.25) is 0 Å². The second kappa shape index (κ2) is 3.75. The number of halogens is 3. The molecule has 0 amide bonds. The largest absolute Gasteiger partial charge is 0.507 e. The third-order valence-electron chi connectivity index (χ3n) is 1.81. The summed E-state index contributed by atoms with van der Waals surface area (Å²) in [6, 6.07) is 6.04. The van der Waals surface area contributed by atoms with Crippen LogP contribution in [0.25, 0.3) is 10.6 Å². The van der Waals surface area contributed by atoms with Crippen LogP contribution in [0, 0.1) is 0 Å². The van der Waals surface area contributed by atoms with Crippen molar-refractivity contribution in [3.63, 3.8) is 0 Å². The molecule has 1 aromatic heterocycles. The van der Waals surface area contributed by atoms with Crippen molar-refractivity contribution >= 4 is 11.5 Å². The molecule has 84 valence electrons. The normalized spacial score (nSPS) is 11.7. The molecule has 0 aliphatic carbocycles. The Kier molecular flexibility index (Phi) is 2.55. The van der Waals surface area contributed by atoms with Crippen LogP contribution < -0.4 is 0 Å². The van der Waals surface area contributed by atoms with E-state index in [9.17, 15) is 18.3 Å². The number of phenols is 1. The smallest absolute Gasteiger partial charge is 0.452 e. The average molecular weight is 246 g/mol. The molecule has 0 saturated carbocycles. The number of phenolic OH excluding ortho intramolecular Hbond substituents is 1. The first-order valence-electron chi connectivity index (χ1n) is 4.18. The van der Waals surface area contributed by atoms with Crippen LogP contribution in [0.5, 0.6) is 5.75 Å². The fourth-order valence-corrected chi connectivity index (χ4v) is 1.82. The minimum Gasteiger partial charge on any atom is -0.507 e. The highest BCUT2D eigenvalue weighted by molar-refractivity contribution is 7.09. The Balaban J connectivity index is 2.44. The Morgan fingerprint density at radius 1 is 1.19 bits per heavy atom. The van der Waals surface area contributed by atoms with Crippen molar-refractivity contribution in [2.24, 2.45) is 0 Å². The summed E-state index contributed by atoms with van der Waals surface area (Å²) < 4.78 is 39.9. The quantitative estimate of drug-likeness (QED) is 0.841. The Morgan fingerprint density at radius 3 is 2.44 bits per heavy atom. The number of rotatable bonds is 1. The molecule has 0 aliphatic heterocycles. The zero-order valence-electron chi connectivity index (χ0n) is 7.69. The van der Waals surface area contributed by atoms with Gasteiger partial charge in [0.15, 0.2) is 0 Å². The Hall–Kier alpha value is -1.63. The number of hydrogen-bond donors (Lipinski definition) is 1. The molecule has 2 aromatic rings. The fraction of sp³-hybridized carbons (Fsp3) is 0.111. The van der Waals surface area contributed by atoms with E-state index in [-0.39, 0.29) is 16.3 Å². The monoisotopic (exact) mass is 246 g/mol. The molecule has 0 fully saturated rings. The number of nitrogens with zero attached hydrogens (tertiary/aromatic N) is 2. The minimum atomic E-state index is -4.56. The van der Waals surface area contributed by atoms with Gasteiger partial charge < -0.3 is 5.11 Å². The van der Waals surface area contributed by atoms with Crippen molar-refractivity contribution < 1.29 is 18.3 Å². The summed E-state index contributed by atoms with van der Waals surface area (Å²) >= 11 is 0.603. The molecule has 0 spiro atoms. The fourth-order valence-electron chi connectivity index (χ4n) is 1.10. The van der Waals surface area contributed by atoms with Crippen LogP contribution in [0.1, 0.15) is 5.82 Å². The summed E-state index contributed by atoms with van der Waals surface area (Å²) in [4.78, 5) is 3.34. The summed E-state index contributed by atoms with van der Waals surface area (Å²) in [5.74, 6) is -1.30. The Morgan fingerprint density at radius 2 is 1.88 bits per heavy atom. The van der Waals surface area contributed by atoms with E-state index in [0.717, 1.165) is 0 Å². The van der Waals surface area contributed by atoms with Gasteiger partial charge in [0.1, 0.15) is 10.8 Å². The Bertz CT molecular complexity index is 509. The van der Waals surface area contributed by atoms with E-state index in [1.807, 2.05) is 0 Å². The minimum absolute atomic E-state index is 0.0467. The molecule has 0 aliphatic rings. The van der Waals surface area contributed by atoms with Gasteiger partial charge in [-0.2, -0.15) is 17.5 Å². The maximum atomic E-state index is 12.2. The van der Waals surface area contributed by atoms with Crippen LogP contribution >= 0.6 is 11.5 Å². The third kappa shape index (κ3) is 1.99. The lowest BCUT2D eigenvalue weighted by atomic mass is 10.2. The van der Waals surface area contributed by atoms with Gasteiger partial charge in [-0.3, -0.25) is 0 Å². The van der Waals surface area contributed by atoms with Crippen molar-refractivity contribution in [2.45, 2.75) is 6.18 Å². The molecule has 1 heterocycles. The van der Waals surface area contributed by atoms with Gasteiger partial charge in [0.25, 0.3) is 0 Å². The molecule has 0 atom stereocenters. The molecular weight excluding hydrogens is 241 g/mol. The molecule has 16 heavy (non-hydrogen) atoms. The summed E-state index contributed by atoms with van der Waals surface area (Å²) in [5, 5.41) is 9.48. The highest BCUT2D eigenvalue weighted by Crippen LogP contribution is 2.34. The van der Waals surface area contributed by atoms with Crippen molar-refractivity contribution in [1.82, 2.24) is 9.36 Å². The first-order chi connectivity index (χ1) is 7.48. The molecule has 1 N–H and O–H groups in total. The highest BCUT2D eigenvalue weighted by Gasteiger charge is 2.36. The van der Waals surface area contributed by atoms with Crippen LogP contribution in [0.3, 0.4) is 0 Å². The zero-order valence-corrected chi connectivity index (χ0v) is 8.51. The van der Waals surface area contributed by atoms with Gasteiger partial charge in [0, 0.05) is 0 Å². The van der Waals surface area contributed by atoms with Gasteiger partial charge in [-0.05, 0) is 23.7 Å². The number of aromatic nitrogens is 2. The first kappa shape index (κ1) is 10.9. The maximum absolute atomic E-state index is 12.2. The van der Waals surface area contributed by atoms with E-state index in [2.05, 4.69) is 9.36 Å². The lowest BCUT2D eigenvalue weighted by Gasteiger charge is -1.99. The van der Waals surface area contributed by atoms with Gasteiger partial charge in [-0.15, -0.1) is 0 Å².